The van der Waals surface area contributed by atoms with E-state index in [0.29, 0.717) is 28.9 Å². The Morgan fingerprint density at radius 3 is 2.80 bits per heavy atom. The number of likely N-dealkylation sites (tertiary alicyclic amines) is 1. The van der Waals surface area contributed by atoms with Gasteiger partial charge in [0.25, 0.3) is 5.91 Å². The lowest BCUT2D eigenvalue weighted by Crippen LogP contribution is -2.28. The minimum absolute atomic E-state index is 0.146. The van der Waals surface area contributed by atoms with Crippen molar-refractivity contribution in [1.82, 2.24) is 20.0 Å². The molecule has 1 amide bonds. The van der Waals surface area contributed by atoms with Gasteiger partial charge < -0.3 is 5.32 Å². The zero-order valence-electron chi connectivity index (χ0n) is 14.8. The number of aryl methyl sites for hydroxylation is 2. The van der Waals surface area contributed by atoms with Crippen LogP contribution in [0, 0.1) is 12.8 Å². The molecule has 1 saturated heterocycles. The van der Waals surface area contributed by atoms with Crippen LogP contribution in [0.3, 0.4) is 0 Å². The molecule has 0 saturated carbocycles. The third kappa shape index (κ3) is 4.41. The van der Waals surface area contributed by atoms with Gasteiger partial charge in [0.15, 0.2) is 0 Å². The van der Waals surface area contributed by atoms with Gasteiger partial charge in [-0.3, -0.25) is 14.4 Å². The van der Waals surface area contributed by atoms with Gasteiger partial charge in [-0.25, -0.2) is 0 Å². The first-order valence-electron chi connectivity index (χ1n) is 8.78. The van der Waals surface area contributed by atoms with Crippen molar-refractivity contribution in [3.05, 3.63) is 52.3 Å². The highest BCUT2D eigenvalue weighted by atomic mass is 35.5. The summed E-state index contributed by atoms with van der Waals surface area (Å²) >= 11 is 6.16. The minimum Gasteiger partial charge on any atom is -0.351 e. The molecule has 3 rings (SSSR count). The highest BCUT2D eigenvalue weighted by Gasteiger charge is 2.23. The lowest BCUT2D eigenvalue weighted by Gasteiger charge is -2.16. The molecule has 1 N–H and O–H groups in total. The second-order valence-electron chi connectivity index (χ2n) is 6.79. The number of carbonyl (C=O) groups excluding carboxylic acids is 1. The van der Waals surface area contributed by atoms with Crippen LogP contribution in [0.15, 0.2) is 30.3 Å². The maximum Gasteiger partial charge on any atom is 0.271 e. The first-order chi connectivity index (χ1) is 12.0. The molecule has 2 aromatic rings. The average Bonchev–Trinajstić information content (AvgIpc) is 3.13. The number of aromatic nitrogens is 2. The fourth-order valence-electron chi connectivity index (χ4n) is 3.49. The van der Waals surface area contributed by atoms with Crippen LogP contribution >= 0.6 is 11.6 Å². The number of benzene rings is 1. The van der Waals surface area contributed by atoms with Crippen molar-refractivity contribution in [2.45, 2.75) is 26.3 Å². The van der Waals surface area contributed by atoms with E-state index in [2.05, 4.69) is 45.6 Å². The van der Waals surface area contributed by atoms with Crippen molar-refractivity contribution < 1.29 is 4.79 Å². The molecule has 0 radical (unpaired) electrons. The molecule has 1 aromatic heterocycles. The van der Waals surface area contributed by atoms with E-state index in [-0.39, 0.29) is 5.91 Å². The van der Waals surface area contributed by atoms with Gasteiger partial charge in [0.2, 0.25) is 0 Å². The number of carbonyl (C=O) groups is 1. The third-order valence-corrected chi connectivity index (χ3v) is 5.27. The summed E-state index contributed by atoms with van der Waals surface area (Å²) in [6.07, 6.45) is 2.18. The minimum atomic E-state index is -0.146. The molecular formula is C19H25ClN4O. The molecule has 1 aliphatic heterocycles. The lowest BCUT2D eigenvalue weighted by atomic mass is 10.1. The summed E-state index contributed by atoms with van der Waals surface area (Å²) in [7, 11) is 1.74. The molecule has 1 atom stereocenters. The zero-order valence-corrected chi connectivity index (χ0v) is 15.6. The molecule has 1 unspecified atom stereocenters. The molecule has 0 bridgehead atoms. The van der Waals surface area contributed by atoms with Crippen molar-refractivity contribution in [2.24, 2.45) is 13.0 Å². The molecule has 1 aromatic carbocycles. The van der Waals surface area contributed by atoms with Crippen LogP contribution in [0.5, 0.6) is 0 Å². The predicted molar refractivity (Wildman–Crippen MR) is 99.7 cm³/mol. The van der Waals surface area contributed by atoms with Gasteiger partial charge in [-0.05, 0) is 37.8 Å². The Morgan fingerprint density at radius 2 is 2.12 bits per heavy atom. The van der Waals surface area contributed by atoms with Crippen molar-refractivity contribution in [3.8, 4) is 0 Å². The highest BCUT2D eigenvalue weighted by molar-refractivity contribution is 6.34. The van der Waals surface area contributed by atoms with Crippen molar-refractivity contribution in [1.29, 1.82) is 0 Å². The Bertz CT molecular complexity index is 729. The largest absolute Gasteiger partial charge is 0.351 e. The fraction of sp³-hybridized carbons (Fsp3) is 0.474. The summed E-state index contributed by atoms with van der Waals surface area (Å²) in [5.74, 6) is 0.486. The third-order valence-electron chi connectivity index (χ3n) is 4.82. The lowest BCUT2D eigenvalue weighted by molar-refractivity contribution is 0.0942. The molecule has 1 fully saturated rings. The van der Waals surface area contributed by atoms with Crippen LogP contribution in [-0.2, 0) is 13.6 Å². The number of hydrogen-bond donors (Lipinski definition) is 1. The van der Waals surface area contributed by atoms with E-state index in [1.807, 2.05) is 0 Å². The van der Waals surface area contributed by atoms with Crippen LogP contribution < -0.4 is 5.32 Å². The predicted octanol–water partition coefficient (Wildman–Crippen LogP) is 3.02. The van der Waals surface area contributed by atoms with E-state index < -0.39 is 0 Å². The average molecular weight is 361 g/mol. The van der Waals surface area contributed by atoms with Crippen LogP contribution in [0.4, 0.5) is 0 Å². The second kappa shape index (κ2) is 8.02. The van der Waals surface area contributed by atoms with Gasteiger partial charge in [0.05, 0.1) is 10.7 Å². The van der Waals surface area contributed by atoms with E-state index in [1.54, 1.807) is 18.7 Å². The Morgan fingerprint density at radius 1 is 1.36 bits per heavy atom. The number of halogens is 1. The molecule has 6 heteroatoms. The molecule has 25 heavy (non-hydrogen) atoms. The van der Waals surface area contributed by atoms with Gasteiger partial charge in [0.1, 0.15) is 5.69 Å². The monoisotopic (exact) mass is 360 g/mol. The van der Waals surface area contributed by atoms with Crippen molar-refractivity contribution in [2.75, 3.05) is 19.6 Å². The topological polar surface area (TPSA) is 50.2 Å². The smallest absolute Gasteiger partial charge is 0.271 e. The fourth-order valence-corrected chi connectivity index (χ4v) is 3.73. The number of rotatable bonds is 6. The van der Waals surface area contributed by atoms with Gasteiger partial charge in [-0.15, -0.1) is 0 Å². The van der Waals surface area contributed by atoms with Crippen LogP contribution in [0.2, 0.25) is 5.02 Å². The van der Waals surface area contributed by atoms with E-state index in [9.17, 15) is 4.79 Å². The highest BCUT2D eigenvalue weighted by Crippen LogP contribution is 2.22. The SMILES string of the molecule is Cc1nn(C)c(C(=O)NCCC2CCN(Cc3ccccc3)C2)c1Cl. The molecule has 134 valence electrons. The van der Waals surface area contributed by atoms with Gasteiger partial charge in [-0.1, -0.05) is 41.9 Å². The van der Waals surface area contributed by atoms with E-state index in [0.717, 1.165) is 26.1 Å². The molecule has 2 heterocycles. The van der Waals surface area contributed by atoms with Gasteiger partial charge in [0, 0.05) is 26.7 Å². The second-order valence-corrected chi connectivity index (χ2v) is 7.17. The van der Waals surface area contributed by atoms with Crippen molar-refractivity contribution >= 4 is 17.5 Å². The standard InChI is InChI=1S/C19H25ClN4O/c1-14-17(20)18(23(2)22-14)19(25)21-10-8-16-9-11-24(13-16)12-15-6-4-3-5-7-15/h3-7,16H,8-13H2,1-2H3,(H,21,25). The van der Waals surface area contributed by atoms with Gasteiger partial charge in [-0.2, -0.15) is 5.10 Å². The Hall–Kier alpha value is -1.85. The summed E-state index contributed by atoms with van der Waals surface area (Å²) in [4.78, 5) is 14.8. The maximum atomic E-state index is 12.3. The Balaban J connectivity index is 1.43. The number of nitrogens with one attached hydrogen (secondary N) is 1. The first kappa shape index (κ1) is 18.0. The summed E-state index contributed by atoms with van der Waals surface area (Å²) in [5.41, 5.74) is 2.48. The summed E-state index contributed by atoms with van der Waals surface area (Å²) in [6.45, 7) is 5.70. The zero-order chi connectivity index (χ0) is 17.8. The van der Waals surface area contributed by atoms with Crippen LogP contribution in [0.25, 0.3) is 0 Å². The number of hydrogen-bond acceptors (Lipinski definition) is 3. The quantitative estimate of drug-likeness (QED) is 0.861. The molecule has 0 aliphatic carbocycles. The van der Waals surface area contributed by atoms with Crippen LogP contribution in [0.1, 0.15) is 34.6 Å². The molecular weight excluding hydrogens is 336 g/mol. The number of amides is 1. The normalized spacial score (nSPS) is 17.8. The Kier molecular flexibility index (Phi) is 5.76. The van der Waals surface area contributed by atoms with E-state index in [1.165, 1.54) is 12.0 Å². The summed E-state index contributed by atoms with van der Waals surface area (Å²) in [6, 6.07) is 10.6. The molecule has 1 aliphatic rings. The van der Waals surface area contributed by atoms with E-state index >= 15 is 0 Å². The molecule has 0 spiro atoms. The summed E-state index contributed by atoms with van der Waals surface area (Å²) < 4.78 is 1.55. The van der Waals surface area contributed by atoms with Gasteiger partial charge >= 0.3 is 0 Å². The van der Waals surface area contributed by atoms with Crippen molar-refractivity contribution in [3.63, 3.8) is 0 Å². The molecule has 5 nitrogen and oxygen atoms in total. The summed E-state index contributed by atoms with van der Waals surface area (Å²) in [5, 5.41) is 7.61. The first-order valence-corrected chi connectivity index (χ1v) is 9.16. The maximum absolute atomic E-state index is 12.3. The van der Waals surface area contributed by atoms with E-state index in [4.69, 9.17) is 11.6 Å². The Labute approximate surface area is 154 Å². The number of nitrogens with zero attached hydrogens (tertiary/aromatic N) is 3. The van der Waals surface area contributed by atoms with Crippen LogP contribution in [-0.4, -0.2) is 40.2 Å².